The Morgan fingerprint density at radius 2 is 1.57 bits per heavy atom. The van der Waals surface area contributed by atoms with Crippen molar-refractivity contribution in [3.8, 4) is 0 Å². The molecule has 0 saturated carbocycles. The summed E-state index contributed by atoms with van der Waals surface area (Å²) >= 11 is 0. The Morgan fingerprint density at radius 3 is 1.64 bits per heavy atom. The molecule has 14 heavy (non-hydrogen) atoms. The molecule has 1 aromatic carbocycles. The first kappa shape index (κ1) is 15.9. The van der Waals surface area contributed by atoms with Crippen molar-refractivity contribution in [1.29, 1.82) is 0 Å². The Labute approximate surface area is 101 Å². The van der Waals surface area contributed by atoms with Gasteiger partial charge in [0.05, 0.1) is 0 Å². The van der Waals surface area contributed by atoms with E-state index >= 15 is 0 Å². The van der Waals surface area contributed by atoms with Gasteiger partial charge in [-0.2, -0.15) is 23.3 Å². The molecule has 0 aliphatic carbocycles. The molecule has 0 unspecified atom stereocenters. The molecule has 0 aliphatic heterocycles. The van der Waals surface area contributed by atoms with Gasteiger partial charge in [-0.1, -0.05) is 27.7 Å². The summed E-state index contributed by atoms with van der Waals surface area (Å²) in [7, 11) is 0. The summed E-state index contributed by atoms with van der Waals surface area (Å²) in [6, 6.07) is 8.24. The summed E-state index contributed by atoms with van der Waals surface area (Å²) in [6.45, 7) is 13.3. The van der Waals surface area contributed by atoms with Crippen LogP contribution >= 0.6 is 0 Å². The van der Waals surface area contributed by atoms with Crippen LogP contribution in [-0.2, 0) is 19.5 Å². The molecule has 0 aromatic heterocycles. The van der Waals surface area contributed by atoms with Crippen LogP contribution in [0.3, 0.4) is 0 Å². The topological polar surface area (TPSA) is 0 Å². The zero-order valence-electron chi connectivity index (χ0n) is 9.32. The van der Waals surface area contributed by atoms with Crippen LogP contribution in [0.15, 0.2) is 41.5 Å². The van der Waals surface area contributed by atoms with Gasteiger partial charge in [-0.05, 0) is 0 Å². The van der Waals surface area contributed by atoms with E-state index in [1.165, 1.54) is 11.1 Å². The van der Waals surface area contributed by atoms with E-state index in [-0.39, 0.29) is 19.5 Å². The molecule has 78 valence electrons. The van der Waals surface area contributed by atoms with Crippen molar-refractivity contribution >= 4 is 0 Å². The standard InChI is InChI=1S/C7H11.C6H7.Ru/c1-6(2)5-7(3)4;1-6-4-2-3-5-6;/h1,5H,2-4H3;2-5H,1H3;/q2*-1;+2. The van der Waals surface area contributed by atoms with E-state index in [0.29, 0.717) is 0 Å². The molecule has 0 aliphatic rings. The predicted octanol–water partition coefficient (Wildman–Crippen LogP) is 4.04. The molecule has 0 N–H and O–H groups in total. The zero-order valence-corrected chi connectivity index (χ0v) is 11.1. The maximum Gasteiger partial charge on any atom is 2.00 e. The van der Waals surface area contributed by atoms with Crippen molar-refractivity contribution < 1.29 is 19.5 Å². The van der Waals surface area contributed by atoms with Crippen LogP contribution in [0.25, 0.3) is 0 Å². The smallest absolute Gasteiger partial charge is 0.290 e. The monoisotopic (exact) mass is 276 g/mol. The van der Waals surface area contributed by atoms with Crippen molar-refractivity contribution in [3.05, 3.63) is 53.6 Å². The predicted molar refractivity (Wildman–Crippen MR) is 59.7 cm³/mol. The SMILES string of the molecule is C[c-]1cccc1.[CH-]=C(C)C=C(C)C.[Ru+2]. The largest absolute Gasteiger partial charge is 2.00 e. The average Bonchev–Trinajstić information content (AvgIpc) is 2.37. The maximum atomic E-state index is 5.33. The van der Waals surface area contributed by atoms with E-state index in [1.807, 2.05) is 39.0 Å². The van der Waals surface area contributed by atoms with Gasteiger partial charge in [-0.15, -0.1) is 0 Å². The normalized spacial score (nSPS) is 7.71. The van der Waals surface area contributed by atoms with Crippen LogP contribution in [0.4, 0.5) is 0 Å². The van der Waals surface area contributed by atoms with Crippen LogP contribution in [0.1, 0.15) is 26.3 Å². The van der Waals surface area contributed by atoms with Crippen LogP contribution < -0.4 is 0 Å². The van der Waals surface area contributed by atoms with Gasteiger partial charge in [0.15, 0.2) is 0 Å². The zero-order chi connectivity index (χ0) is 10.3. The van der Waals surface area contributed by atoms with Crippen molar-refractivity contribution in [2.75, 3.05) is 0 Å². The third-order valence-electron chi connectivity index (χ3n) is 1.35. The fourth-order valence-corrected chi connectivity index (χ4v) is 0.926. The Morgan fingerprint density at radius 1 is 1.14 bits per heavy atom. The van der Waals surface area contributed by atoms with E-state index in [0.717, 1.165) is 5.57 Å². The van der Waals surface area contributed by atoms with Gasteiger partial charge in [0.25, 0.3) is 0 Å². The van der Waals surface area contributed by atoms with E-state index in [4.69, 9.17) is 6.58 Å². The summed E-state index contributed by atoms with van der Waals surface area (Å²) in [6.07, 6.45) is 1.94. The van der Waals surface area contributed by atoms with Crippen molar-refractivity contribution in [2.45, 2.75) is 27.7 Å². The molecule has 1 aromatic rings. The molecular weight excluding hydrogens is 257 g/mol. The quantitative estimate of drug-likeness (QED) is 0.412. The number of rotatable bonds is 1. The molecule has 0 heterocycles. The van der Waals surface area contributed by atoms with Crippen molar-refractivity contribution in [1.82, 2.24) is 0 Å². The second-order valence-electron chi connectivity index (χ2n) is 3.43. The summed E-state index contributed by atoms with van der Waals surface area (Å²) < 4.78 is 0. The minimum Gasteiger partial charge on any atom is -0.290 e. The summed E-state index contributed by atoms with van der Waals surface area (Å²) in [5.41, 5.74) is 3.47. The van der Waals surface area contributed by atoms with Gasteiger partial charge in [0.2, 0.25) is 0 Å². The number of hydrogen-bond acceptors (Lipinski definition) is 0. The maximum absolute atomic E-state index is 5.33. The molecule has 1 heteroatoms. The van der Waals surface area contributed by atoms with Gasteiger partial charge in [-0.25, -0.2) is 23.8 Å². The van der Waals surface area contributed by atoms with E-state index in [9.17, 15) is 0 Å². The fourth-order valence-electron chi connectivity index (χ4n) is 0.926. The van der Waals surface area contributed by atoms with Gasteiger partial charge < -0.3 is 0 Å². The minimum atomic E-state index is 0. The van der Waals surface area contributed by atoms with Crippen LogP contribution in [0, 0.1) is 13.5 Å². The molecule has 0 amide bonds. The second-order valence-corrected chi connectivity index (χ2v) is 3.43. The first-order valence-corrected chi connectivity index (χ1v) is 4.44. The average molecular weight is 275 g/mol. The van der Waals surface area contributed by atoms with Gasteiger partial charge in [0.1, 0.15) is 0 Å². The Balaban J connectivity index is 0. The Hall–Kier alpha value is -0.547. The van der Waals surface area contributed by atoms with Crippen molar-refractivity contribution in [3.63, 3.8) is 0 Å². The van der Waals surface area contributed by atoms with E-state index in [2.05, 4.69) is 19.1 Å². The molecule has 0 radical (unpaired) electrons. The van der Waals surface area contributed by atoms with Gasteiger partial charge >= 0.3 is 19.5 Å². The Kier molecular flexibility index (Phi) is 10.3. The second kappa shape index (κ2) is 9.03. The third-order valence-corrected chi connectivity index (χ3v) is 1.35. The molecule has 0 fully saturated rings. The summed E-state index contributed by atoms with van der Waals surface area (Å²) in [5.74, 6) is 0. The molecular formula is C13H18Ru. The molecule has 0 nitrogen and oxygen atoms in total. The third kappa shape index (κ3) is 11.5. The molecule has 0 bridgehead atoms. The van der Waals surface area contributed by atoms with Crippen LogP contribution in [-0.4, -0.2) is 0 Å². The first-order chi connectivity index (χ1) is 6.02. The molecule has 0 spiro atoms. The Bertz CT molecular complexity index is 261. The van der Waals surface area contributed by atoms with Crippen LogP contribution in [0.5, 0.6) is 0 Å². The molecule has 1 rings (SSSR count). The van der Waals surface area contributed by atoms with Gasteiger partial charge in [-0.3, -0.25) is 6.58 Å². The molecule has 0 saturated heterocycles. The van der Waals surface area contributed by atoms with E-state index < -0.39 is 0 Å². The summed E-state index contributed by atoms with van der Waals surface area (Å²) in [4.78, 5) is 0. The number of hydrogen-bond donors (Lipinski definition) is 0. The molecule has 0 atom stereocenters. The number of aryl methyl sites for hydroxylation is 1. The van der Waals surface area contributed by atoms with Gasteiger partial charge in [0, 0.05) is 0 Å². The van der Waals surface area contributed by atoms with Crippen molar-refractivity contribution in [2.24, 2.45) is 0 Å². The van der Waals surface area contributed by atoms with E-state index in [1.54, 1.807) is 0 Å². The fraction of sp³-hybridized carbons (Fsp3) is 0.308. The first-order valence-electron chi connectivity index (χ1n) is 4.44. The summed E-state index contributed by atoms with van der Waals surface area (Å²) in [5, 5.41) is 0. The number of allylic oxidation sites excluding steroid dienone is 3. The minimum absolute atomic E-state index is 0. The van der Waals surface area contributed by atoms with Crippen LogP contribution in [0.2, 0.25) is 0 Å².